The van der Waals surface area contributed by atoms with E-state index in [0.29, 0.717) is 12.1 Å². The van der Waals surface area contributed by atoms with E-state index in [0.717, 1.165) is 24.3 Å². The third-order valence-corrected chi connectivity index (χ3v) is 8.21. The number of nitrogens with zero attached hydrogens (tertiary/aromatic N) is 2. The first-order valence-corrected chi connectivity index (χ1v) is 13.5. The van der Waals surface area contributed by atoms with Crippen LogP contribution in [0.1, 0.15) is 72.5 Å². The second-order valence-corrected chi connectivity index (χ2v) is 11.9. The molecular formula is C32H22F12N2. The molecule has 46 heavy (non-hydrogen) atoms. The molecule has 0 amide bonds. The third kappa shape index (κ3) is 5.59. The second-order valence-electron chi connectivity index (χ2n) is 11.9. The molecule has 0 aliphatic carbocycles. The van der Waals surface area contributed by atoms with Crippen molar-refractivity contribution in [2.45, 2.75) is 63.2 Å². The summed E-state index contributed by atoms with van der Waals surface area (Å²) in [6.07, 6.45) is -21.3. The Labute approximate surface area is 254 Å². The minimum atomic E-state index is -5.32. The number of hydrogen-bond donors (Lipinski definition) is 0. The van der Waals surface area contributed by atoms with E-state index in [4.69, 9.17) is 0 Å². The zero-order chi connectivity index (χ0) is 34.4. The average molecular weight is 663 g/mol. The van der Waals surface area contributed by atoms with Gasteiger partial charge in [-0.15, -0.1) is 0 Å². The maximum absolute atomic E-state index is 14.4. The molecule has 0 saturated carbocycles. The highest BCUT2D eigenvalue weighted by Gasteiger charge is 2.46. The molecule has 0 saturated heterocycles. The van der Waals surface area contributed by atoms with Gasteiger partial charge in [-0.05, 0) is 59.7 Å². The van der Waals surface area contributed by atoms with Crippen LogP contribution in [0.25, 0.3) is 22.5 Å². The number of pyridine rings is 2. The van der Waals surface area contributed by atoms with Gasteiger partial charge in [0.25, 0.3) is 0 Å². The molecule has 4 aromatic rings. The molecular weight excluding hydrogens is 640 g/mol. The molecule has 5 rings (SSSR count). The molecule has 14 heteroatoms. The van der Waals surface area contributed by atoms with E-state index in [-0.39, 0.29) is 23.5 Å². The smallest absolute Gasteiger partial charge is 0.252 e. The first kappa shape index (κ1) is 33.3. The Kier molecular flexibility index (Phi) is 7.38. The molecule has 2 nitrogen and oxygen atoms in total. The van der Waals surface area contributed by atoms with Crippen LogP contribution in [-0.2, 0) is 35.5 Å². The lowest BCUT2D eigenvalue weighted by Crippen LogP contribution is -2.28. The molecule has 0 fully saturated rings. The fraction of sp³-hybridized carbons (Fsp3) is 0.312. The maximum atomic E-state index is 14.4. The van der Waals surface area contributed by atoms with Crippen molar-refractivity contribution in [2.75, 3.05) is 0 Å². The van der Waals surface area contributed by atoms with Crippen molar-refractivity contribution in [1.82, 2.24) is 9.97 Å². The van der Waals surface area contributed by atoms with Crippen LogP contribution in [0.4, 0.5) is 52.7 Å². The fourth-order valence-corrected chi connectivity index (χ4v) is 5.74. The number of halogens is 12. The molecule has 2 aromatic carbocycles. The summed E-state index contributed by atoms with van der Waals surface area (Å²) in [7, 11) is 0. The van der Waals surface area contributed by atoms with Crippen LogP contribution < -0.4 is 0 Å². The van der Waals surface area contributed by atoms with E-state index >= 15 is 0 Å². The van der Waals surface area contributed by atoms with Crippen LogP contribution in [0.15, 0.2) is 60.7 Å². The van der Waals surface area contributed by atoms with E-state index in [1.54, 1.807) is 0 Å². The number of benzene rings is 2. The Morgan fingerprint density at radius 3 is 1.02 bits per heavy atom. The lowest BCUT2D eigenvalue weighted by atomic mass is 9.75. The van der Waals surface area contributed by atoms with Crippen LogP contribution in [0.5, 0.6) is 0 Å². The summed E-state index contributed by atoms with van der Waals surface area (Å²) < 4.78 is 173. The summed E-state index contributed by atoms with van der Waals surface area (Å²) in [6.45, 7) is 4.79. The predicted molar refractivity (Wildman–Crippen MR) is 144 cm³/mol. The molecule has 3 heterocycles. The van der Waals surface area contributed by atoms with Crippen LogP contribution in [0.3, 0.4) is 0 Å². The summed E-state index contributed by atoms with van der Waals surface area (Å²) in [5.41, 5.74) is -15.0. The van der Waals surface area contributed by atoms with Crippen LogP contribution in [-0.4, -0.2) is 9.97 Å². The summed E-state index contributed by atoms with van der Waals surface area (Å²) in [4.78, 5) is 8.38. The summed E-state index contributed by atoms with van der Waals surface area (Å²) in [5.74, 6) is 0. The molecule has 0 N–H and O–H groups in total. The lowest BCUT2D eigenvalue weighted by Gasteiger charge is -2.32. The Bertz CT molecular complexity index is 1710. The SMILES string of the molecule is CC1(C)c2cccc(n2)-c2cc(c(C(F)(F)F)cc2C(F)(F)F)C(C)(C)c2cccc(n2)-c2cc1c(C(F)(F)F)cc2C(F)(F)F. The molecule has 0 unspecified atom stereocenters. The van der Waals surface area contributed by atoms with Crippen LogP contribution in [0, 0.1) is 0 Å². The Morgan fingerprint density at radius 1 is 0.435 bits per heavy atom. The van der Waals surface area contributed by atoms with Gasteiger partial charge in [0.1, 0.15) is 0 Å². The maximum Gasteiger partial charge on any atom is 0.417 e. The molecule has 2 aromatic heterocycles. The van der Waals surface area contributed by atoms with Gasteiger partial charge in [-0.25, -0.2) is 0 Å². The zero-order valence-electron chi connectivity index (χ0n) is 24.2. The van der Waals surface area contributed by atoms with E-state index < -0.39 is 91.4 Å². The Balaban J connectivity index is 2.03. The largest absolute Gasteiger partial charge is 0.417 e. The Morgan fingerprint density at radius 2 is 0.739 bits per heavy atom. The fourth-order valence-electron chi connectivity index (χ4n) is 5.74. The monoisotopic (exact) mass is 662 g/mol. The van der Waals surface area contributed by atoms with Crippen molar-refractivity contribution in [1.29, 1.82) is 0 Å². The molecule has 8 bridgehead atoms. The van der Waals surface area contributed by atoms with Gasteiger partial charge in [0.05, 0.1) is 45.0 Å². The van der Waals surface area contributed by atoms with Gasteiger partial charge in [-0.3, -0.25) is 9.97 Å². The first-order chi connectivity index (χ1) is 20.8. The second kappa shape index (κ2) is 10.2. The normalized spacial score (nSPS) is 16.2. The van der Waals surface area contributed by atoms with Crippen molar-refractivity contribution >= 4 is 0 Å². The van der Waals surface area contributed by atoms with Crippen molar-refractivity contribution in [3.63, 3.8) is 0 Å². The van der Waals surface area contributed by atoms with Gasteiger partial charge in [-0.1, -0.05) is 39.8 Å². The van der Waals surface area contributed by atoms with Gasteiger partial charge in [0, 0.05) is 22.0 Å². The van der Waals surface area contributed by atoms with E-state index in [1.807, 2.05) is 0 Å². The number of aromatic nitrogens is 2. The lowest BCUT2D eigenvalue weighted by molar-refractivity contribution is -0.145. The highest BCUT2D eigenvalue weighted by molar-refractivity contribution is 5.71. The van der Waals surface area contributed by atoms with Crippen molar-refractivity contribution < 1.29 is 52.7 Å². The van der Waals surface area contributed by atoms with Gasteiger partial charge in [0.15, 0.2) is 0 Å². The summed E-state index contributed by atoms with van der Waals surface area (Å²) in [6, 6.07) is 7.98. The number of hydrogen-bond acceptors (Lipinski definition) is 2. The highest BCUT2D eigenvalue weighted by Crippen LogP contribution is 2.50. The van der Waals surface area contributed by atoms with E-state index in [2.05, 4.69) is 9.97 Å². The van der Waals surface area contributed by atoms with Crippen LogP contribution >= 0.6 is 0 Å². The summed E-state index contributed by atoms with van der Waals surface area (Å²) >= 11 is 0. The average Bonchev–Trinajstić information content (AvgIpc) is 2.93. The molecule has 0 atom stereocenters. The molecule has 1 aliphatic rings. The minimum absolute atomic E-state index is 0.0618. The van der Waals surface area contributed by atoms with Crippen molar-refractivity contribution in [2.24, 2.45) is 0 Å². The summed E-state index contributed by atoms with van der Waals surface area (Å²) in [5, 5.41) is 0. The van der Waals surface area contributed by atoms with Gasteiger partial charge >= 0.3 is 24.7 Å². The quantitative estimate of drug-likeness (QED) is 0.175. The Hall–Kier alpha value is -4.10. The van der Waals surface area contributed by atoms with Crippen molar-refractivity contribution in [3.05, 3.63) is 105 Å². The van der Waals surface area contributed by atoms with Crippen molar-refractivity contribution in [3.8, 4) is 22.5 Å². The molecule has 0 radical (unpaired) electrons. The molecule has 244 valence electrons. The van der Waals surface area contributed by atoms with E-state index in [9.17, 15) is 52.7 Å². The number of rotatable bonds is 0. The standard InChI is InChI=1S/C32H22F12N2/c1-27(2)19-11-15(17(29(33,34)35)13-21(19)31(39,40)41)24-8-6-10-26(46-24)28(3,4)20-12-16(23-7-5-9-25(27)45-23)18(30(36,37)38)14-22(20)32(42,43)44/h5-14H,1-4H3. The third-order valence-electron chi connectivity index (χ3n) is 8.21. The number of fused-ring (bicyclic) bond motifs is 10. The van der Waals surface area contributed by atoms with E-state index in [1.165, 1.54) is 39.8 Å². The van der Waals surface area contributed by atoms with Gasteiger partial charge in [0.2, 0.25) is 0 Å². The minimum Gasteiger partial charge on any atom is -0.252 e. The molecule has 1 aliphatic heterocycles. The molecule has 0 spiro atoms. The zero-order valence-corrected chi connectivity index (χ0v) is 24.2. The van der Waals surface area contributed by atoms with Gasteiger partial charge < -0.3 is 0 Å². The first-order valence-electron chi connectivity index (χ1n) is 13.5. The number of alkyl halides is 12. The highest BCUT2D eigenvalue weighted by atomic mass is 19.4. The predicted octanol–water partition coefficient (Wildman–Crippen LogP) is 10.9. The topological polar surface area (TPSA) is 25.8 Å². The van der Waals surface area contributed by atoms with Gasteiger partial charge in [-0.2, -0.15) is 52.7 Å². The van der Waals surface area contributed by atoms with Crippen LogP contribution in [0.2, 0.25) is 0 Å².